The fourth-order valence-corrected chi connectivity index (χ4v) is 1.41. The largest absolute Gasteiger partial charge is 0.467 e. The summed E-state index contributed by atoms with van der Waals surface area (Å²) in [4.78, 5) is 0. The van der Waals surface area contributed by atoms with E-state index in [0.717, 1.165) is 12.2 Å². The molecular weight excluding hydrogens is 152 g/mol. The molecule has 0 amide bonds. The minimum Gasteiger partial charge on any atom is -0.467 e. The molecule has 0 saturated carbocycles. The molecule has 0 spiro atoms. The Morgan fingerprint density at radius 1 is 1.50 bits per heavy atom. The SMILES string of the molecule is C[C@H]1C=CC[C@@H](c2ccco2)O1. The maximum atomic E-state index is 5.65. The van der Waals surface area contributed by atoms with Gasteiger partial charge in [0, 0.05) is 0 Å². The van der Waals surface area contributed by atoms with E-state index in [4.69, 9.17) is 9.15 Å². The molecule has 0 aromatic carbocycles. The van der Waals surface area contributed by atoms with Crippen molar-refractivity contribution in [1.82, 2.24) is 0 Å². The minimum absolute atomic E-state index is 0.111. The molecule has 2 heteroatoms. The van der Waals surface area contributed by atoms with Crippen molar-refractivity contribution in [1.29, 1.82) is 0 Å². The van der Waals surface area contributed by atoms with Gasteiger partial charge in [-0.05, 0) is 25.5 Å². The van der Waals surface area contributed by atoms with E-state index in [9.17, 15) is 0 Å². The van der Waals surface area contributed by atoms with Gasteiger partial charge >= 0.3 is 0 Å². The van der Waals surface area contributed by atoms with Gasteiger partial charge in [0.2, 0.25) is 0 Å². The molecule has 64 valence electrons. The highest BCUT2D eigenvalue weighted by Crippen LogP contribution is 2.27. The van der Waals surface area contributed by atoms with E-state index in [1.54, 1.807) is 6.26 Å². The molecule has 0 N–H and O–H groups in total. The number of hydrogen-bond donors (Lipinski definition) is 0. The van der Waals surface area contributed by atoms with Gasteiger partial charge in [-0.15, -0.1) is 0 Å². The molecule has 1 aromatic heterocycles. The first kappa shape index (κ1) is 7.62. The van der Waals surface area contributed by atoms with Gasteiger partial charge in [-0.2, -0.15) is 0 Å². The summed E-state index contributed by atoms with van der Waals surface area (Å²) in [6.07, 6.45) is 7.12. The first-order chi connectivity index (χ1) is 5.86. The average Bonchev–Trinajstić information content (AvgIpc) is 2.56. The van der Waals surface area contributed by atoms with Crippen molar-refractivity contribution >= 4 is 0 Å². The zero-order valence-corrected chi connectivity index (χ0v) is 7.07. The quantitative estimate of drug-likeness (QED) is 0.595. The van der Waals surface area contributed by atoms with Crippen molar-refractivity contribution < 1.29 is 9.15 Å². The predicted octanol–water partition coefficient (Wildman–Crippen LogP) is 2.69. The summed E-state index contributed by atoms with van der Waals surface area (Å²) < 4.78 is 10.9. The van der Waals surface area contributed by atoms with Crippen LogP contribution in [0, 0.1) is 0 Å². The second kappa shape index (κ2) is 3.15. The summed E-state index contributed by atoms with van der Waals surface area (Å²) in [7, 11) is 0. The lowest BCUT2D eigenvalue weighted by atomic mass is 10.1. The third-order valence-electron chi connectivity index (χ3n) is 2.00. The highest BCUT2D eigenvalue weighted by Gasteiger charge is 2.18. The Morgan fingerprint density at radius 2 is 2.42 bits per heavy atom. The smallest absolute Gasteiger partial charge is 0.132 e. The van der Waals surface area contributed by atoms with Crippen LogP contribution in [-0.4, -0.2) is 6.10 Å². The van der Waals surface area contributed by atoms with E-state index >= 15 is 0 Å². The summed E-state index contributed by atoms with van der Waals surface area (Å²) >= 11 is 0. The summed E-state index contributed by atoms with van der Waals surface area (Å²) in [5.74, 6) is 0.922. The third kappa shape index (κ3) is 1.43. The lowest BCUT2D eigenvalue weighted by Gasteiger charge is -2.21. The minimum atomic E-state index is 0.111. The molecule has 1 aliphatic rings. The van der Waals surface area contributed by atoms with Crippen molar-refractivity contribution in [3.63, 3.8) is 0 Å². The van der Waals surface area contributed by atoms with E-state index in [2.05, 4.69) is 12.2 Å². The van der Waals surface area contributed by atoms with Crippen molar-refractivity contribution in [2.45, 2.75) is 25.6 Å². The molecule has 2 atom stereocenters. The normalized spacial score (nSPS) is 29.1. The Kier molecular flexibility index (Phi) is 2.00. The van der Waals surface area contributed by atoms with Crippen molar-refractivity contribution in [3.05, 3.63) is 36.3 Å². The van der Waals surface area contributed by atoms with Crippen LogP contribution in [0.2, 0.25) is 0 Å². The van der Waals surface area contributed by atoms with Gasteiger partial charge in [0.25, 0.3) is 0 Å². The molecule has 1 aliphatic heterocycles. The monoisotopic (exact) mass is 164 g/mol. The summed E-state index contributed by atoms with van der Waals surface area (Å²) in [6.45, 7) is 2.03. The Labute approximate surface area is 71.8 Å². The van der Waals surface area contributed by atoms with Crippen molar-refractivity contribution in [3.8, 4) is 0 Å². The molecule has 2 heterocycles. The van der Waals surface area contributed by atoms with E-state index in [0.29, 0.717) is 0 Å². The van der Waals surface area contributed by atoms with Gasteiger partial charge in [-0.3, -0.25) is 0 Å². The van der Waals surface area contributed by atoms with E-state index in [-0.39, 0.29) is 12.2 Å². The number of hydrogen-bond acceptors (Lipinski definition) is 2. The highest BCUT2D eigenvalue weighted by molar-refractivity contribution is 5.07. The molecule has 0 radical (unpaired) electrons. The van der Waals surface area contributed by atoms with Crippen molar-refractivity contribution in [2.24, 2.45) is 0 Å². The molecule has 1 aromatic rings. The Morgan fingerprint density at radius 3 is 3.08 bits per heavy atom. The van der Waals surface area contributed by atoms with Gasteiger partial charge in [-0.1, -0.05) is 12.2 Å². The van der Waals surface area contributed by atoms with Crippen LogP contribution < -0.4 is 0 Å². The van der Waals surface area contributed by atoms with Crippen LogP contribution >= 0.6 is 0 Å². The number of ether oxygens (including phenoxy) is 1. The maximum absolute atomic E-state index is 5.65. The van der Waals surface area contributed by atoms with Gasteiger partial charge in [0.05, 0.1) is 12.4 Å². The maximum Gasteiger partial charge on any atom is 0.132 e. The second-order valence-electron chi connectivity index (χ2n) is 3.01. The zero-order chi connectivity index (χ0) is 8.39. The van der Waals surface area contributed by atoms with Crippen LogP contribution in [0.1, 0.15) is 25.2 Å². The average molecular weight is 164 g/mol. The molecule has 2 nitrogen and oxygen atoms in total. The fourth-order valence-electron chi connectivity index (χ4n) is 1.41. The fraction of sp³-hybridized carbons (Fsp3) is 0.400. The predicted molar refractivity (Wildman–Crippen MR) is 45.8 cm³/mol. The van der Waals surface area contributed by atoms with Crippen LogP contribution in [-0.2, 0) is 4.74 Å². The van der Waals surface area contributed by atoms with E-state index in [1.165, 1.54) is 0 Å². The molecular formula is C10H12O2. The zero-order valence-electron chi connectivity index (χ0n) is 7.07. The van der Waals surface area contributed by atoms with E-state index in [1.807, 2.05) is 19.1 Å². The van der Waals surface area contributed by atoms with Crippen LogP contribution in [0.25, 0.3) is 0 Å². The first-order valence-electron chi connectivity index (χ1n) is 4.22. The summed E-state index contributed by atoms with van der Waals surface area (Å²) in [5.41, 5.74) is 0. The van der Waals surface area contributed by atoms with Crippen LogP contribution in [0.3, 0.4) is 0 Å². The summed E-state index contributed by atoms with van der Waals surface area (Å²) in [6, 6.07) is 3.85. The van der Waals surface area contributed by atoms with Crippen molar-refractivity contribution in [2.75, 3.05) is 0 Å². The molecule has 0 aliphatic carbocycles. The topological polar surface area (TPSA) is 22.4 Å². The van der Waals surface area contributed by atoms with Crippen LogP contribution in [0.5, 0.6) is 0 Å². The van der Waals surface area contributed by atoms with E-state index < -0.39 is 0 Å². The molecule has 0 bridgehead atoms. The summed E-state index contributed by atoms with van der Waals surface area (Å²) in [5, 5.41) is 0. The molecule has 0 saturated heterocycles. The molecule has 0 unspecified atom stereocenters. The first-order valence-corrected chi connectivity index (χ1v) is 4.22. The Hall–Kier alpha value is -1.02. The lowest BCUT2D eigenvalue weighted by Crippen LogP contribution is -2.14. The number of rotatable bonds is 1. The molecule has 2 rings (SSSR count). The van der Waals surface area contributed by atoms with Gasteiger partial charge in [0.15, 0.2) is 0 Å². The molecule has 0 fully saturated rings. The molecule has 12 heavy (non-hydrogen) atoms. The van der Waals surface area contributed by atoms with Gasteiger partial charge in [-0.25, -0.2) is 0 Å². The lowest BCUT2D eigenvalue weighted by molar-refractivity contribution is 0.00198. The van der Waals surface area contributed by atoms with Gasteiger partial charge in [0.1, 0.15) is 11.9 Å². The van der Waals surface area contributed by atoms with Gasteiger partial charge < -0.3 is 9.15 Å². The van der Waals surface area contributed by atoms with Crippen LogP contribution in [0.4, 0.5) is 0 Å². The standard InChI is InChI=1S/C10H12O2/c1-8-4-2-5-10(12-8)9-6-3-7-11-9/h2-4,6-8,10H,5H2,1H3/t8-,10-/m0/s1. The van der Waals surface area contributed by atoms with Crippen LogP contribution in [0.15, 0.2) is 35.0 Å². The third-order valence-corrected chi connectivity index (χ3v) is 2.00. The number of furan rings is 1. The highest BCUT2D eigenvalue weighted by atomic mass is 16.5. The Bertz CT molecular complexity index is 261. The second-order valence-corrected chi connectivity index (χ2v) is 3.01. The Balaban J connectivity index is 2.12.